The highest BCUT2D eigenvalue weighted by atomic mass is 32.2. The van der Waals surface area contributed by atoms with E-state index in [0.717, 1.165) is 5.56 Å². The number of carboxylic acid groups (broad SMARTS) is 1. The summed E-state index contributed by atoms with van der Waals surface area (Å²) in [6.45, 7) is 0. The molecule has 1 N–H and O–H groups in total. The monoisotopic (exact) mass is 398 g/mol. The fourth-order valence-corrected chi connectivity index (χ4v) is 3.53. The average molecular weight is 398 g/mol. The van der Waals surface area contributed by atoms with E-state index < -0.39 is 5.97 Å². The van der Waals surface area contributed by atoms with Gasteiger partial charge in [0.05, 0.1) is 30.4 Å². The van der Waals surface area contributed by atoms with Crippen molar-refractivity contribution in [3.8, 4) is 11.5 Å². The molecule has 28 heavy (non-hydrogen) atoms. The molecule has 2 aromatic rings. The second-order valence-corrected chi connectivity index (χ2v) is 6.84. The van der Waals surface area contributed by atoms with Crippen molar-refractivity contribution in [2.45, 2.75) is 0 Å². The van der Waals surface area contributed by atoms with Gasteiger partial charge in [0.1, 0.15) is 11.5 Å². The molecule has 8 heteroatoms. The third-order valence-corrected chi connectivity index (χ3v) is 5.11. The van der Waals surface area contributed by atoms with Gasteiger partial charge in [-0.05, 0) is 48.2 Å². The van der Waals surface area contributed by atoms with Gasteiger partial charge in [0.25, 0.3) is 5.91 Å². The summed E-state index contributed by atoms with van der Waals surface area (Å²) in [6, 6.07) is 11.6. The third-order valence-electron chi connectivity index (χ3n) is 4.05. The van der Waals surface area contributed by atoms with E-state index in [0.29, 0.717) is 27.3 Å². The molecule has 0 aliphatic carbocycles. The number of carbonyl (C=O) groups is 2. The molecule has 0 bridgehead atoms. The number of thioether (sulfide) groups is 1. The highest BCUT2D eigenvalue weighted by Crippen LogP contribution is 2.35. The number of nitrogens with zero attached hydrogens (tertiary/aromatic N) is 2. The van der Waals surface area contributed by atoms with Crippen LogP contribution in [0, 0.1) is 0 Å². The Labute approximate surface area is 166 Å². The van der Waals surface area contributed by atoms with Crippen molar-refractivity contribution < 1.29 is 24.2 Å². The lowest BCUT2D eigenvalue weighted by atomic mass is 10.1. The van der Waals surface area contributed by atoms with Crippen LogP contribution < -0.4 is 9.47 Å². The minimum atomic E-state index is -1.03. The first-order valence-corrected chi connectivity index (χ1v) is 9.06. The number of methoxy groups -OCH3 is 2. The van der Waals surface area contributed by atoms with E-state index in [2.05, 4.69) is 4.99 Å². The molecule has 2 aromatic carbocycles. The van der Waals surface area contributed by atoms with Crippen LogP contribution >= 0.6 is 11.8 Å². The maximum absolute atomic E-state index is 12.6. The number of carbonyl (C=O) groups excluding carboxylic acids is 1. The van der Waals surface area contributed by atoms with Crippen LogP contribution in [0.2, 0.25) is 0 Å². The van der Waals surface area contributed by atoms with Crippen molar-refractivity contribution in [1.29, 1.82) is 0 Å². The summed E-state index contributed by atoms with van der Waals surface area (Å²) in [5.41, 5.74) is 1.34. The van der Waals surface area contributed by atoms with Gasteiger partial charge in [-0.3, -0.25) is 9.69 Å². The van der Waals surface area contributed by atoms with E-state index in [-0.39, 0.29) is 11.5 Å². The van der Waals surface area contributed by atoms with Gasteiger partial charge in [-0.2, -0.15) is 0 Å². The van der Waals surface area contributed by atoms with Gasteiger partial charge in [0, 0.05) is 18.7 Å². The normalized spacial score (nSPS) is 16.7. The Morgan fingerprint density at radius 2 is 1.96 bits per heavy atom. The van der Waals surface area contributed by atoms with Crippen LogP contribution in [0.1, 0.15) is 15.9 Å². The van der Waals surface area contributed by atoms with Crippen molar-refractivity contribution in [3.63, 3.8) is 0 Å². The lowest BCUT2D eigenvalue weighted by Gasteiger charge is -2.08. The van der Waals surface area contributed by atoms with Crippen LogP contribution in [0.5, 0.6) is 11.5 Å². The molecule has 0 atom stereocenters. The third kappa shape index (κ3) is 4.01. The minimum absolute atomic E-state index is 0.137. The SMILES string of the molecule is COc1ccc(/C=C2\SC(=Nc3cccc(C(=O)O)c3)N(C)C2=O)c(OC)c1. The Morgan fingerprint density at radius 3 is 2.64 bits per heavy atom. The molecular weight excluding hydrogens is 380 g/mol. The molecule has 0 saturated carbocycles. The van der Waals surface area contributed by atoms with Gasteiger partial charge in [0.2, 0.25) is 0 Å². The first kappa shape index (κ1) is 19.5. The maximum atomic E-state index is 12.6. The van der Waals surface area contributed by atoms with Gasteiger partial charge in [-0.15, -0.1) is 0 Å². The van der Waals surface area contributed by atoms with Crippen molar-refractivity contribution in [3.05, 3.63) is 58.5 Å². The van der Waals surface area contributed by atoms with E-state index in [1.54, 1.807) is 51.6 Å². The molecule has 0 unspecified atom stereocenters. The standard InChI is InChI=1S/C20H18N2O5S/c1-22-18(23)17(10-12-7-8-15(26-2)11-16(12)27-3)28-20(22)21-14-6-4-5-13(9-14)19(24)25/h4-11H,1-3H3,(H,24,25)/b17-10-,21-20?. The quantitative estimate of drug-likeness (QED) is 0.774. The zero-order chi connectivity index (χ0) is 20.3. The summed E-state index contributed by atoms with van der Waals surface area (Å²) in [4.78, 5) is 30.1. The molecule has 7 nitrogen and oxygen atoms in total. The van der Waals surface area contributed by atoms with Gasteiger partial charge in [-0.1, -0.05) is 6.07 Å². The Morgan fingerprint density at radius 1 is 1.18 bits per heavy atom. The molecule has 1 amide bonds. The van der Waals surface area contributed by atoms with E-state index in [1.807, 2.05) is 6.07 Å². The van der Waals surface area contributed by atoms with E-state index >= 15 is 0 Å². The first-order chi connectivity index (χ1) is 13.4. The number of benzene rings is 2. The topological polar surface area (TPSA) is 88.4 Å². The molecule has 0 aromatic heterocycles. The Hall–Kier alpha value is -3.26. The second kappa shape index (κ2) is 8.18. The maximum Gasteiger partial charge on any atom is 0.335 e. The first-order valence-electron chi connectivity index (χ1n) is 8.24. The average Bonchev–Trinajstić information content (AvgIpc) is 2.96. The number of aliphatic imine (C=N–C) groups is 1. The zero-order valence-corrected chi connectivity index (χ0v) is 16.3. The number of carboxylic acids is 1. The van der Waals surface area contributed by atoms with E-state index in [9.17, 15) is 9.59 Å². The Kier molecular flexibility index (Phi) is 5.70. The van der Waals surface area contributed by atoms with Crippen molar-refractivity contribution in [1.82, 2.24) is 4.90 Å². The predicted molar refractivity (Wildman–Crippen MR) is 108 cm³/mol. The molecule has 0 radical (unpaired) electrons. The summed E-state index contributed by atoms with van der Waals surface area (Å²) in [7, 11) is 4.75. The van der Waals surface area contributed by atoms with E-state index in [4.69, 9.17) is 14.6 Å². The van der Waals surface area contributed by atoms with Crippen LogP contribution in [0.3, 0.4) is 0 Å². The number of amidine groups is 1. The van der Waals surface area contributed by atoms with Crippen molar-refractivity contribution >= 4 is 40.6 Å². The van der Waals surface area contributed by atoms with Crippen LogP contribution in [0.25, 0.3) is 6.08 Å². The number of hydrogen-bond donors (Lipinski definition) is 1. The molecule has 1 heterocycles. The number of aromatic carboxylic acids is 1. The molecular formula is C20H18N2O5S. The van der Waals surface area contributed by atoms with Crippen molar-refractivity contribution in [2.75, 3.05) is 21.3 Å². The Bertz CT molecular complexity index is 1000. The zero-order valence-electron chi connectivity index (χ0n) is 15.5. The number of ether oxygens (including phenoxy) is 2. The van der Waals surface area contributed by atoms with Gasteiger partial charge in [0.15, 0.2) is 5.17 Å². The van der Waals surface area contributed by atoms with Gasteiger partial charge < -0.3 is 14.6 Å². The van der Waals surface area contributed by atoms with Gasteiger partial charge in [-0.25, -0.2) is 9.79 Å². The fourth-order valence-electron chi connectivity index (χ4n) is 2.55. The lowest BCUT2D eigenvalue weighted by molar-refractivity contribution is -0.121. The van der Waals surface area contributed by atoms with Crippen LogP contribution in [0.4, 0.5) is 5.69 Å². The molecule has 1 aliphatic rings. The lowest BCUT2D eigenvalue weighted by Crippen LogP contribution is -2.23. The molecule has 1 fully saturated rings. The highest BCUT2D eigenvalue weighted by Gasteiger charge is 2.30. The number of amides is 1. The molecule has 144 valence electrons. The largest absolute Gasteiger partial charge is 0.497 e. The molecule has 1 aliphatic heterocycles. The molecule has 1 saturated heterocycles. The Balaban J connectivity index is 1.92. The van der Waals surface area contributed by atoms with Crippen LogP contribution in [-0.4, -0.2) is 48.3 Å². The van der Waals surface area contributed by atoms with E-state index in [1.165, 1.54) is 28.8 Å². The second-order valence-electron chi connectivity index (χ2n) is 5.83. The van der Waals surface area contributed by atoms with Crippen molar-refractivity contribution in [2.24, 2.45) is 4.99 Å². The number of likely N-dealkylation sites (N-methyl/N-ethyl adjacent to an activating group) is 1. The van der Waals surface area contributed by atoms with Crippen LogP contribution in [0.15, 0.2) is 52.4 Å². The fraction of sp³-hybridized carbons (Fsp3) is 0.150. The van der Waals surface area contributed by atoms with Gasteiger partial charge >= 0.3 is 5.97 Å². The predicted octanol–water partition coefficient (Wildman–Crippen LogP) is 3.64. The number of hydrogen-bond acceptors (Lipinski definition) is 6. The summed E-state index contributed by atoms with van der Waals surface area (Å²) in [5, 5.41) is 9.57. The molecule has 3 rings (SSSR count). The van der Waals surface area contributed by atoms with Crippen LogP contribution in [-0.2, 0) is 4.79 Å². The number of rotatable bonds is 5. The summed E-state index contributed by atoms with van der Waals surface area (Å²) >= 11 is 1.21. The molecule has 0 spiro atoms. The summed E-state index contributed by atoms with van der Waals surface area (Å²) < 4.78 is 10.6. The summed E-state index contributed by atoms with van der Waals surface area (Å²) in [6.07, 6.45) is 1.73. The summed E-state index contributed by atoms with van der Waals surface area (Å²) in [5.74, 6) is 0.0123. The smallest absolute Gasteiger partial charge is 0.335 e. The minimum Gasteiger partial charge on any atom is -0.497 e. The highest BCUT2D eigenvalue weighted by molar-refractivity contribution is 8.18.